The zero-order valence-electron chi connectivity index (χ0n) is 16.8. The molecule has 7 heteroatoms. The van der Waals surface area contributed by atoms with E-state index in [0.29, 0.717) is 25.9 Å². The van der Waals surface area contributed by atoms with Crippen molar-refractivity contribution in [3.63, 3.8) is 0 Å². The molecule has 3 rings (SSSR count). The minimum Gasteiger partial charge on any atom is -0.480 e. The second kappa shape index (κ2) is 10.6. The molecular weight excluding hydrogens is 450 g/mol. The third kappa shape index (κ3) is 6.06. The lowest BCUT2D eigenvalue weighted by molar-refractivity contribution is -0.153. The summed E-state index contributed by atoms with van der Waals surface area (Å²) < 4.78 is 12.4. The lowest BCUT2D eigenvalue weighted by Gasteiger charge is -2.38. The first-order valence-corrected chi connectivity index (χ1v) is 10.9. The zero-order chi connectivity index (χ0) is 21.4. The van der Waals surface area contributed by atoms with E-state index in [2.05, 4.69) is 15.9 Å². The number of ether oxygens (including phenoxy) is 2. The molecule has 0 bridgehead atoms. The highest BCUT2D eigenvalue weighted by atomic mass is 79.9. The molecule has 1 atom stereocenters. The molecule has 1 aliphatic rings. The number of carboxylic acid groups (broad SMARTS) is 1. The number of nitrogens with zero attached hydrogens (tertiary/aromatic N) is 1. The molecule has 0 radical (unpaired) electrons. The first-order valence-electron chi connectivity index (χ1n) is 10.1. The standard InChI is InChI=1S/C23H26BrNO5/c24-20-10-6-9-19(15-20)23(30-17-21(26)27)11-4-5-13-25(14-12-23)22(28)29-16-18-7-2-1-3-8-18/h1-3,6-10,15H,4-5,11-14,16-17H2,(H,26,27). The van der Waals surface area contributed by atoms with Crippen LogP contribution >= 0.6 is 15.9 Å². The minimum atomic E-state index is -1.01. The zero-order valence-corrected chi connectivity index (χ0v) is 18.3. The van der Waals surface area contributed by atoms with E-state index in [1.54, 1.807) is 4.90 Å². The van der Waals surface area contributed by atoms with Gasteiger partial charge < -0.3 is 19.5 Å². The Morgan fingerprint density at radius 1 is 1.03 bits per heavy atom. The van der Waals surface area contributed by atoms with Gasteiger partial charge in [-0.25, -0.2) is 9.59 Å². The number of hydrogen-bond donors (Lipinski definition) is 1. The fourth-order valence-corrected chi connectivity index (χ4v) is 4.15. The van der Waals surface area contributed by atoms with Gasteiger partial charge in [0.05, 0.1) is 5.60 Å². The van der Waals surface area contributed by atoms with Crippen molar-refractivity contribution in [3.8, 4) is 0 Å². The molecule has 0 aliphatic carbocycles. The number of rotatable bonds is 6. The van der Waals surface area contributed by atoms with Crippen molar-refractivity contribution in [1.29, 1.82) is 0 Å². The molecule has 1 fully saturated rings. The van der Waals surface area contributed by atoms with E-state index in [4.69, 9.17) is 9.47 Å². The van der Waals surface area contributed by atoms with Gasteiger partial charge in [0.15, 0.2) is 0 Å². The van der Waals surface area contributed by atoms with Crippen LogP contribution in [0.1, 0.15) is 36.8 Å². The molecule has 1 heterocycles. The van der Waals surface area contributed by atoms with Crippen molar-refractivity contribution in [2.24, 2.45) is 0 Å². The van der Waals surface area contributed by atoms with Gasteiger partial charge in [0.1, 0.15) is 13.2 Å². The lowest BCUT2D eigenvalue weighted by Crippen LogP contribution is -2.42. The quantitative estimate of drug-likeness (QED) is 0.638. The molecule has 160 valence electrons. The van der Waals surface area contributed by atoms with Gasteiger partial charge in [-0.3, -0.25) is 0 Å². The number of carboxylic acids is 1. The predicted molar refractivity (Wildman–Crippen MR) is 116 cm³/mol. The fourth-order valence-electron chi connectivity index (χ4n) is 3.75. The van der Waals surface area contributed by atoms with Gasteiger partial charge in [0, 0.05) is 17.6 Å². The van der Waals surface area contributed by atoms with E-state index in [0.717, 1.165) is 28.4 Å². The average molecular weight is 476 g/mol. The molecule has 1 amide bonds. The minimum absolute atomic E-state index is 0.225. The van der Waals surface area contributed by atoms with Gasteiger partial charge >= 0.3 is 12.1 Å². The van der Waals surface area contributed by atoms with E-state index >= 15 is 0 Å². The third-order valence-electron chi connectivity index (χ3n) is 5.33. The van der Waals surface area contributed by atoms with E-state index in [1.165, 1.54) is 0 Å². The topological polar surface area (TPSA) is 76.1 Å². The first-order chi connectivity index (χ1) is 14.5. The number of likely N-dealkylation sites (tertiary alicyclic amines) is 1. The van der Waals surface area contributed by atoms with Crippen LogP contribution in [0.3, 0.4) is 0 Å². The van der Waals surface area contributed by atoms with Crippen LogP contribution in [-0.4, -0.2) is 41.8 Å². The Hall–Kier alpha value is -2.38. The maximum atomic E-state index is 12.7. The molecule has 1 saturated heterocycles. The third-order valence-corrected chi connectivity index (χ3v) is 5.82. The van der Waals surface area contributed by atoms with Crippen molar-refractivity contribution >= 4 is 28.0 Å². The van der Waals surface area contributed by atoms with Gasteiger partial charge in [-0.05, 0) is 48.9 Å². The monoisotopic (exact) mass is 475 g/mol. The molecule has 30 heavy (non-hydrogen) atoms. The van der Waals surface area contributed by atoms with Crippen molar-refractivity contribution in [2.45, 2.75) is 37.9 Å². The Kier molecular flexibility index (Phi) is 7.87. The molecule has 0 spiro atoms. The van der Waals surface area contributed by atoms with Crippen LogP contribution in [0.25, 0.3) is 0 Å². The maximum absolute atomic E-state index is 12.7. The normalized spacial score (nSPS) is 19.6. The molecule has 1 unspecified atom stereocenters. The summed E-state index contributed by atoms with van der Waals surface area (Å²) in [5.74, 6) is -1.01. The molecule has 0 saturated carbocycles. The number of benzene rings is 2. The highest BCUT2D eigenvalue weighted by Crippen LogP contribution is 2.37. The van der Waals surface area contributed by atoms with Crippen molar-refractivity contribution in [2.75, 3.05) is 19.7 Å². The van der Waals surface area contributed by atoms with Gasteiger partial charge in [0.25, 0.3) is 0 Å². The van der Waals surface area contributed by atoms with Gasteiger partial charge in [-0.15, -0.1) is 0 Å². The van der Waals surface area contributed by atoms with Crippen LogP contribution in [0.15, 0.2) is 59.1 Å². The average Bonchev–Trinajstić information content (AvgIpc) is 2.72. The Bertz CT molecular complexity index is 860. The molecular formula is C23H26BrNO5. The van der Waals surface area contributed by atoms with Crippen LogP contribution in [-0.2, 0) is 26.5 Å². The summed E-state index contributed by atoms with van der Waals surface area (Å²) in [6.45, 7) is 0.883. The Labute approximate surface area is 184 Å². The summed E-state index contributed by atoms with van der Waals surface area (Å²) >= 11 is 3.49. The van der Waals surface area contributed by atoms with E-state index < -0.39 is 11.6 Å². The molecule has 2 aromatic rings. The van der Waals surface area contributed by atoms with Crippen LogP contribution in [0.4, 0.5) is 4.79 Å². The summed E-state index contributed by atoms with van der Waals surface area (Å²) in [6, 6.07) is 17.3. The molecule has 2 aromatic carbocycles. The second-order valence-corrected chi connectivity index (χ2v) is 8.34. The van der Waals surface area contributed by atoms with Crippen molar-refractivity contribution < 1.29 is 24.2 Å². The summed E-state index contributed by atoms with van der Waals surface area (Å²) in [6.07, 6.45) is 2.45. The SMILES string of the molecule is O=C(O)COC1(c2cccc(Br)c2)CCCCN(C(=O)OCc2ccccc2)CC1. The van der Waals surface area contributed by atoms with E-state index in [1.807, 2.05) is 54.6 Å². The fraction of sp³-hybridized carbons (Fsp3) is 0.391. The van der Waals surface area contributed by atoms with E-state index in [-0.39, 0.29) is 19.3 Å². The highest BCUT2D eigenvalue weighted by Gasteiger charge is 2.36. The van der Waals surface area contributed by atoms with Crippen molar-refractivity contribution in [1.82, 2.24) is 4.90 Å². The largest absolute Gasteiger partial charge is 0.480 e. The summed E-state index contributed by atoms with van der Waals surface area (Å²) in [5.41, 5.74) is 1.09. The first kappa shape index (κ1) is 22.3. The Morgan fingerprint density at radius 2 is 1.83 bits per heavy atom. The summed E-state index contributed by atoms with van der Waals surface area (Å²) in [5, 5.41) is 9.19. The van der Waals surface area contributed by atoms with Gasteiger partial charge in [-0.1, -0.05) is 58.4 Å². The second-order valence-electron chi connectivity index (χ2n) is 7.42. The lowest BCUT2D eigenvalue weighted by atomic mass is 9.84. The van der Waals surface area contributed by atoms with Crippen LogP contribution in [0.5, 0.6) is 0 Å². The predicted octanol–water partition coefficient (Wildman–Crippen LogP) is 4.96. The molecule has 0 aromatic heterocycles. The molecule has 1 N–H and O–H groups in total. The number of carbonyl (C=O) groups excluding carboxylic acids is 1. The summed E-state index contributed by atoms with van der Waals surface area (Å²) in [4.78, 5) is 25.6. The Morgan fingerprint density at radius 3 is 2.57 bits per heavy atom. The number of aliphatic carboxylic acids is 1. The van der Waals surface area contributed by atoms with Gasteiger partial charge in [0.2, 0.25) is 0 Å². The van der Waals surface area contributed by atoms with Crippen LogP contribution in [0.2, 0.25) is 0 Å². The smallest absolute Gasteiger partial charge is 0.410 e. The van der Waals surface area contributed by atoms with E-state index in [9.17, 15) is 14.7 Å². The number of amides is 1. The number of hydrogen-bond acceptors (Lipinski definition) is 4. The highest BCUT2D eigenvalue weighted by molar-refractivity contribution is 9.10. The van der Waals surface area contributed by atoms with Crippen molar-refractivity contribution in [3.05, 3.63) is 70.2 Å². The van der Waals surface area contributed by atoms with Crippen LogP contribution < -0.4 is 0 Å². The number of carbonyl (C=O) groups is 2. The Balaban J connectivity index is 1.72. The molecule has 6 nitrogen and oxygen atoms in total. The summed E-state index contributed by atoms with van der Waals surface area (Å²) in [7, 11) is 0. The molecule has 1 aliphatic heterocycles. The maximum Gasteiger partial charge on any atom is 0.410 e. The number of halogens is 1. The van der Waals surface area contributed by atoms with Gasteiger partial charge in [-0.2, -0.15) is 0 Å². The van der Waals surface area contributed by atoms with Crippen LogP contribution in [0, 0.1) is 0 Å².